The minimum atomic E-state index is -0.107. The van der Waals surface area contributed by atoms with Crippen molar-refractivity contribution in [2.45, 2.75) is 19.9 Å². The molecule has 0 aromatic heterocycles. The van der Waals surface area contributed by atoms with E-state index in [1.807, 2.05) is 44.2 Å². The number of hydrogen-bond acceptors (Lipinski definition) is 2. The van der Waals surface area contributed by atoms with Crippen LogP contribution >= 0.6 is 11.6 Å². The van der Waals surface area contributed by atoms with Gasteiger partial charge in [-0.15, -0.1) is 0 Å². The second kappa shape index (κ2) is 6.19. The van der Waals surface area contributed by atoms with Crippen LogP contribution < -0.4 is 5.73 Å². The molecular formula is C17H19ClN2O. The molecule has 0 fully saturated rings. The third kappa shape index (κ3) is 3.19. The van der Waals surface area contributed by atoms with Crippen molar-refractivity contribution in [1.82, 2.24) is 4.90 Å². The number of halogens is 1. The van der Waals surface area contributed by atoms with E-state index in [1.165, 1.54) is 0 Å². The molecule has 0 aliphatic carbocycles. The van der Waals surface area contributed by atoms with Crippen LogP contribution in [0.25, 0.3) is 0 Å². The van der Waals surface area contributed by atoms with Gasteiger partial charge in [0.2, 0.25) is 0 Å². The average Bonchev–Trinajstić information content (AvgIpc) is 2.48. The van der Waals surface area contributed by atoms with Crippen molar-refractivity contribution < 1.29 is 4.79 Å². The van der Waals surface area contributed by atoms with E-state index in [9.17, 15) is 4.79 Å². The Morgan fingerprint density at radius 3 is 2.52 bits per heavy atom. The summed E-state index contributed by atoms with van der Waals surface area (Å²) in [6, 6.07) is 12.8. The Morgan fingerprint density at radius 2 is 1.90 bits per heavy atom. The number of aryl methyl sites for hydroxylation is 1. The number of carbonyl (C=O) groups excluding carboxylic acids is 1. The molecule has 110 valence electrons. The predicted octanol–water partition coefficient (Wildman–Crippen LogP) is 4.06. The van der Waals surface area contributed by atoms with Gasteiger partial charge in [-0.05, 0) is 49.2 Å². The SMILES string of the molecule is Cc1cc(C(=O)N(C)C(C)c2ccccc2Cl)ccc1N. The monoisotopic (exact) mass is 302 g/mol. The minimum Gasteiger partial charge on any atom is -0.399 e. The van der Waals surface area contributed by atoms with Gasteiger partial charge in [0, 0.05) is 23.3 Å². The molecule has 0 radical (unpaired) electrons. The maximum atomic E-state index is 12.6. The highest BCUT2D eigenvalue weighted by atomic mass is 35.5. The second-order valence-electron chi connectivity index (χ2n) is 5.18. The van der Waals surface area contributed by atoms with Gasteiger partial charge in [-0.3, -0.25) is 4.79 Å². The summed E-state index contributed by atoms with van der Waals surface area (Å²) >= 11 is 6.21. The first-order valence-corrected chi connectivity index (χ1v) is 7.17. The molecule has 2 aromatic rings. The van der Waals surface area contributed by atoms with E-state index in [2.05, 4.69) is 0 Å². The fourth-order valence-corrected chi connectivity index (χ4v) is 2.50. The summed E-state index contributed by atoms with van der Waals surface area (Å²) in [7, 11) is 1.78. The first-order chi connectivity index (χ1) is 9.91. The maximum absolute atomic E-state index is 12.6. The highest BCUT2D eigenvalue weighted by Gasteiger charge is 2.20. The molecule has 0 saturated heterocycles. The Kier molecular flexibility index (Phi) is 4.53. The summed E-state index contributed by atoms with van der Waals surface area (Å²) in [6.45, 7) is 3.85. The number of benzene rings is 2. The van der Waals surface area contributed by atoms with Gasteiger partial charge in [-0.1, -0.05) is 29.8 Å². The Labute approximate surface area is 130 Å². The van der Waals surface area contributed by atoms with Crippen LogP contribution in [0.1, 0.15) is 34.5 Å². The van der Waals surface area contributed by atoms with Gasteiger partial charge in [0.05, 0.1) is 6.04 Å². The topological polar surface area (TPSA) is 46.3 Å². The lowest BCUT2D eigenvalue weighted by molar-refractivity contribution is 0.0742. The number of nitrogen functional groups attached to an aromatic ring is 1. The van der Waals surface area contributed by atoms with Crippen LogP contribution in [-0.2, 0) is 0 Å². The number of nitrogens with two attached hydrogens (primary N) is 1. The van der Waals surface area contributed by atoms with Crippen molar-refractivity contribution in [3.8, 4) is 0 Å². The fraction of sp³-hybridized carbons (Fsp3) is 0.235. The Hall–Kier alpha value is -2.00. The van der Waals surface area contributed by atoms with Crippen LogP contribution in [0.2, 0.25) is 5.02 Å². The van der Waals surface area contributed by atoms with Crippen molar-refractivity contribution in [3.05, 3.63) is 64.2 Å². The predicted molar refractivity (Wildman–Crippen MR) is 87.6 cm³/mol. The zero-order valence-electron chi connectivity index (χ0n) is 12.4. The van der Waals surface area contributed by atoms with Gasteiger partial charge in [0.15, 0.2) is 0 Å². The molecule has 1 unspecified atom stereocenters. The van der Waals surface area contributed by atoms with E-state index in [1.54, 1.807) is 24.1 Å². The summed E-state index contributed by atoms with van der Waals surface area (Å²) in [5.41, 5.74) is 8.94. The average molecular weight is 303 g/mol. The zero-order valence-corrected chi connectivity index (χ0v) is 13.2. The molecule has 2 aromatic carbocycles. The highest BCUT2D eigenvalue weighted by Crippen LogP contribution is 2.27. The maximum Gasteiger partial charge on any atom is 0.254 e. The number of rotatable bonds is 3. The molecule has 0 aliphatic rings. The largest absolute Gasteiger partial charge is 0.399 e. The van der Waals surface area contributed by atoms with Crippen molar-refractivity contribution in [2.24, 2.45) is 0 Å². The second-order valence-corrected chi connectivity index (χ2v) is 5.59. The van der Waals surface area contributed by atoms with E-state index >= 15 is 0 Å². The van der Waals surface area contributed by atoms with Gasteiger partial charge in [-0.25, -0.2) is 0 Å². The molecule has 4 heteroatoms. The van der Waals surface area contributed by atoms with Crippen molar-refractivity contribution >= 4 is 23.2 Å². The number of nitrogens with zero attached hydrogens (tertiary/aromatic N) is 1. The normalized spacial score (nSPS) is 12.0. The number of anilines is 1. The van der Waals surface area contributed by atoms with E-state index in [4.69, 9.17) is 17.3 Å². The third-order valence-electron chi connectivity index (χ3n) is 3.77. The van der Waals surface area contributed by atoms with Gasteiger partial charge in [0.1, 0.15) is 0 Å². The molecule has 1 amide bonds. The molecule has 2 rings (SSSR count). The van der Waals surface area contributed by atoms with Crippen LogP contribution in [0.15, 0.2) is 42.5 Å². The molecule has 0 bridgehead atoms. The molecule has 2 N–H and O–H groups in total. The van der Waals surface area contributed by atoms with E-state index in [-0.39, 0.29) is 11.9 Å². The molecular weight excluding hydrogens is 284 g/mol. The van der Waals surface area contributed by atoms with Crippen LogP contribution in [0.5, 0.6) is 0 Å². The lowest BCUT2D eigenvalue weighted by atomic mass is 10.0. The summed E-state index contributed by atoms with van der Waals surface area (Å²) in [4.78, 5) is 14.3. The minimum absolute atomic E-state index is 0.0504. The van der Waals surface area contributed by atoms with Gasteiger partial charge < -0.3 is 10.6 Å². The summed E-state index contributed by atoms with van der Waals surface area (Å²) in [5, 5.41) is 0.665. The number of amides is 1. The summed E-state index contributed by atoms with van der Waals surface area (Å²) < 4.78 is 0. The third-order valence-corrected chi connectivity index (χ3v) is 4.12. The summed E-state index contributed by atoms with van der Waals surface area (Å²) in [5.74, 6) is -0.0504. The van der Waals surface area contributed by atoms with Gasteiger partial charge in [0.25, 0.3) is 5.91 Å². The summed E-state index contributed by atoms with van der Waals surface area (Å²) in [6.07, 6.45) is 0. The molecule has 0 aliphatic heterocycles. The Bertz CT molecular complexity index is 670. The van der Waals surface area contributed by atoms with Crippen LogP contribution in [0.4, 0.5) is 5.69 Å². The van der Waals surface area contributed by atoms with E-state index < -0.39 is 0 Å². The van der Waals surface area contributed by atoms with E-state index in [0.29, 0.717) is 16.3 Å². The highest BCUT2D eigenvalue weighted by molar-refractivity contribution is 6.31. The van der Waals surface area contributed by atoms with Gasteiger partial charge in [-0.2, -0.15) is 0 Å². The van der Waals surface area contributed by atoms with Crippen LogP contribution in [0, 0.1) is 6.92 Å². The lowest BCUT2D eigenvalue weighted by Gasteiger charge is -2.26. The fourth-order valence-electron chi connectivity index (χ4n) is 2.21. The van der Waals surface area contributed by atoms with Crippen molar-refractivity contribution in [3.63, 3.8) is 0 Å². The standard InChI is InChI=1S/C17H19ClN2O/c1-11-10-13(8-9-16(11)19)17(21)20(3)12(2)14-6-4-5-7-15(14)18/h4-10,12H,19H2,1-3H3. The lowest BCUT2D eigenvalue weighted by Crippen LogP contribution is -2.29. The van der Waals surface area contributed by atoms with E-state index in [0.717, 1.165) is 11.1 Å². The number of carbonyl (C=O) groups is 1. The first kappa shape index (κ1) is 15.4. The Morgan fingerprint density at radius 1 is 1.24 bits per heavy atom. The number of hydrogen-bond donors (Lipinski definition) is 1. The van der Waals surface area contributed by atoms with Crippen molar-refractivity contribution in [2.75, 3.05) is 12.8 Å². The van der Waals surface area contributed by atoms with Crippen LogP contribution in [-0.4, -0.2) is 17.9 Å². The van der Waals surface area contributed by atoms with Gasteiger partial charge >= 0.3 is 0 Å². The molecule has 1 atom stereocenters. The smallest absolute Gasteiger partial charge is 0.254 e. The molecule has 21 heavy (non-hydrogen) atoms. The molecule has 0 saturated carbocycles. The van der Waals surface area contributed by atoms with Crippen LogP contribution in [0.3, 0.4) is 0 Å². The first-order valence-electron chi connectivity index (χ1n) is 6.79. The molecule has 0 heterocycles. The molecule has 0 spiro atoms. The molecule has 3 nitrogen and oxygen atoms in total. The quantitative estimate of drug-likeness (QED) is 0.869. The van der Waals surface area contributed by atoms with Crippen molar-refractivity contribution in [1.29, 1.82) is 0 Å². The zero-order chi connectivity index (χ0) is 15.6. The Balaban J connectivity index is 2.26.